The largest absolute Gasteiger partial charge is 0.508 e. The van der Waals surface area contributed by atoms with Gasteiger partial charge in [-0.25, -0.2) is 4.79 Å². The molecule has 1 aliphatic heterocycles. The number of hydrogen-bond donors (Lipinski definition) is 2. The first-order chi connectivity index (χ1) is 10.5. The van der Waals surface area contributed by atoms with Gasteiger partial charge >= 0.3 is 5.97 Å². The molecule has 2 aromatic rings. The molecule has 0 aliphatic carbocycles. The van der Waals surface area contributed by atoms with Crippen molar-refractivity contribution in [1.82, 2.24) is 0 Å². The van der Waals surface area contributed by atoms with Gasteiger partial charge in [0.25, 0.3) is 0 Å². The molecule has 0 saturated carbocycles. The molecule has 3 rings (SSSR count). The molecule has 112 valence electrons. The van der Waals surface area contributed by atoms with Crippen molar-refractivity contribution in [1.29, 1.82) is 0 Å². The minimum Gasteiger partial charge on any atom is -0.508 e. The number of aromatic hydroxyl groups is 1. The van der Waals surface area contributed by atoms with Gasteiger partial charge in [-0.3, -0.25) is 0 Å². The molecule has 0 amide bonds. The van der Waals surface area contributed by atoms with E-state index in [2.05, 4.69) is 6.92 Å². The van der Waals surface area contributed by atoms with E-state index in [4.69, 9.17) is 9.84 Å². The number of carbonyl (C=O) groups is 1. The Morgan fingerprint density at radius 2 is 1.91 bits per heavy atom. The number of phenolic OH excluding ortho intramolecular Hbond substituents is 1. The van der Waals surface area contributed by atoms with E-state index in [1.54, 1.807) is 18.2 Å². The maximum absolute atomic E-state index is 10.6. The predicted octanol–water partition coefficient (Wildman–Crippen LogP) is 3.73. The third-order valence-electron chi connectivity index (χ3n) is 3.87. The lowest BCUT2D eigenvalue weighted by molar-refractivity contribution is -0.131. The third-order valence-corrected chi connectivity index (χ3v) is 3.87. The molecule has 2 unspecified atom stereocenters. The lowest BCUT2D eigenvalue weighted by atomic mass is 9.92. The van der Waals surface area contributed by atoms with Crippen LogP contribution in [0.25, 0.3) is 6.08 Å². The van der Waals surface area contributed by atoms with E-state index in [0.29, 0.717) is 0 Å². The normalized spacial score (nSPS) is 19.9. The molecular formula is C18H16O4. The maximum Gasteiger partial charge on any atom is 0.328 e. The Balaban J connectivity index is 1.89. The smallest absolute Gasteiger partial charge is 0.328 e. The number of carboxylic acids is 1. The summed E-state index contributed by atoms with van der Waals surface area (Å²) in [6.07, 6.45) is 2.59. The average molecular weight is 296 g/mol. The lowest BCUT2D eigenvalue weighted by Crippen LogP contribution is -2.06. The number of hydrogen-bond acceptors (Lipinski definition) is 3. The van der Waals surface area contributed by atoms with Gasteiger partial charge in [0, 0.05) is 17.6 Å². The van der Waals surface area contributed by atoms with Gasteiger partial charge in [0.2, 0.25) is 0 Å². The molecule has 2 atom stereocenters. The van der Waals surface area contributed by atoms with Crippen LogP contribution < -0.4 is 4.74 Å². The number of carboxylic acid groups (broad SMARTS) is 1. The van der Waals surface area contributed by atoms with Crippen molar-refractivity contribution < 1.29 is 19.7 Å². The standard InChI is InChI=1S/C18H16O4/c1-11-15-10-12(3-9-17(20)21)2-8-16(15)22-18(11)13-4-6-14(19)7-5-13/h2-11,18-19H,1H3,(H,20,21)/b9-3+. The summed E-state index contributed by atoms with van der Waals surface area (Å²) in [4.78, 5) is 10.6. The highest BCUT2D eigenvalue weighted by Gasteiger charge is 2.32. The Morgan fingerprint density at radius 3 is 2.59 bits per heavy atom. The first-order valence-corrected chi connectivity index (χ1v) is 7.05. The van der Waals surface area contributed by atoms with E-state index in [0.717, 1.165) is 28.5 Å². The van der Waals surface area contributed by atoms with Crippen LogP contribution >= 0.6 is 0 Å². The monoisotopic (exact) mass is 296 g/mol. The van der Waals surface area contributed by atoms with E-state index in [1.165, 1.54) is 0 Å². The maximum atomic E-state index is 10.6. The summed E-state index contributed by atoms with van der Waals surface area (Å²) < 4.78 is 6.00. The summed E-state index contributed by atoms with van der Waals surface area (Å²) >= 11 is 0. The van der Waals surface area contributed by atoms with Crippen molar-refractivity contribution in [2.75, 3.05) is 0 Å². The highest BCUT2D eigenvalue weighted by atomic mass is 16.5. The summed E-state index contributed by atoms with van der Waals surface area (Å²) in [7, 11) is 0. The van der Waals surface area contributed by atoms with Crippen LogP contribution in [0.1, 0.15) is 35.6 Å². The van der Waals surface area contributed by atoms with Crippen molar-refractivity contribution in [3.8, 4) is 11.5 Å². The third kappa shape index (κ3) is 2.68. The zero-order valence-corrected chi connectivity index (χ0v) is 12.1. The first kappa shape index (κ1) is 14.2. The molecule has 0 radical (unpaired) electrons. The summed E-state index contributed by atoms with van der Waals surface area (Å²) in [5, 5.41) is 18.1. The molecule has 0 saturated heterocycles. The molecule has 1 aliphatic rings. The number of fused-ring (bicyclic) bond motifs is 1. The zero-order valence-electron chi connectivity index (χ0n) is 12.1. The van der Waals surface area contributed by atoms with E-state index in [1.807, 2.05) is 30.3 Å². The molecule has 0 fully saturated rings. The van der Waals surface area contributed by atoms with Gasteiger partial charge in [-0.15, -0.1) is 0 Å². The predicted molar refractivity (Wildman–Crippen MR) is 83.0 cm³/mol. The van der Waals surface area contributed by atoms with Crippen LogP contribution in [0.2, 0.25) is 0 Å². The molecule has 4 heteroatoms. The van der Waals surface area contributed by atoms with Crippen LogP contribution in [0.15, 0.2) is 48.5 Å². The molecule has 2 aromatic carbocycles. The van der Waals surface area contributed by atoms with Crippen LogP contribution in [0.3, 0.4) is 0 Å². The van der Waals surface area contributed by atoms with Crippen molar-refractivity contribution in [3.05, 3.63) is 65.2 Å². The second-order valence-electron chi connectivity index (χ2n) is 5.39. The van der Waals surface area contributed by atoms with Gasteiger partial charge in [-0.2, -0.15) is 0 Å². The van der Waals surface area contributed by atoms with Gasteiger partial charge in [-0.1, -0.05) is 25.1 Å². The SMILES string of the molecule is CC1c2cc(/C=C/C(=O)O)ccc2OC1c1ccc(O)cc1. The van der Waals surface area contributed by atoms with Crippen molar-refractivity contribution >= 4 is 12.0 Å². The number of ether oxygens (including phenoxy) is 1. The summed E-state index contributed by atoms with van der Waals surface area (Å²) in [5.74, 6) is 0.232. The summed E-state index contributed by atoms with van der Waals surface area (Å²) in [6.45, 7) is 2.08. The number of phenols is 1. The van der Waals surface area contributed by atoms with Gasteiger partial charge in [0.1, 0.15) is 17.6 Å². The number of benzene rings is 2. The highest BCUT2D eigenvalue weighted by Crippen LogP contribution is 2.46. The van der Waals surface area contributed by atoms with E-state index in [-0.39, 0.29) is 17.8 Å². The fourth-order valence-corrected chi connectivity index (χ4v) is 2.72. The number of rotatable bonds is 3. The van der Waals surface area contributed by atoms with Crippen LogP contribution in [0.4, 0.5) is 0 Å². The van der Waals surface area contributed by atoms with E-state index < -0.39 is 5.97 Å². The van der Waals surface area contributed by atoms with Crippen LogP contribution in [0.5, 0.6) is 11.5 Å². The van der Waals surface area contributed by atoms with Crippen LogP contribution in [-0.4, -0.2) is 16.2 Å². The van der Waals surface area contributed by atoms with Gasteiger partial charge in [-0.05, 0) is 41.5 Å². The fraction of sp³-hybridized carbons (Fsp3) is 0.167. The Hall–Kier alpha value is -2.75. The Bertz CT molecular complexity index is 731. The van der Waals surface area contributed by atoms with E-state index >= 15 is 0 Å². The Kier molecular flexibility index (Phi) is 3.59. The number of aliphatic carboxylic acids is 1. The minimum absolute atomic E-state index is 0.102. The van der Waals surface area contributed by atoms with Gasteiger partial charge in [0.15, 0.2) is 0 Å². The van der Waals surface area contributed by atoms with Crippen molar-refractivity contribution in [3.63, 3.8) is 0 Å². The second-order valence-corrected chi connectivity index (χ2v) is 5.39. The van der Waals surface area contributed by atoms with Crippen molar-refractivity contribution in [2.24, 2.45) is 0 Å². The molecule has 4 nitrogen and oxygen atoms in total. The topological polar surface area (TPSA) is 66.8 Å². The summed E-state index contributed by atoms with van der Waals surface area (Å²) in [6, 6.07) is 12.7. The molecule has 0 spiro atoms. The fourth-order valence-electron chi connectivity index (χ4n) is 2.72. The average Bonchev–Trinajstić information content (AvgIpc) is 2.83. The zero-order chi connectivity index (χ0) is 15.7. The lowest BCUT2D eigenvalue weighted by Gasteiger charge is -2.15. The van der Waals surface area contributed by atoms with Crippen LogP contribution in [-0.2, 0) is 4.79 Å². The molecule has 0 aromatic heterocycles. The Labute approximate surface area is 128 Å². The molecule has 22 heavy (non-hydrogen) atoms. The van der Waals surface area contributed by atoms with Crippen molar-refractivity contribution in [2.45, 2.75) is 18.9 Å². The van der Waals surface area contributed by atoms with Gasteiger partial charge < -0.3 is 14.9 Å². The molecular weight excluding hydrogens is 280 g/mol. The Morgan fingerprint density at radius 1 is 1.18 bits per heavy atom. The second kappa shape index (κ2) is 5.56. The van der Waals surface area contributed by atoms with E-state index in [9.17, 15) is 9.90 Å². The molecule has 0 bridgehead atoms. The summed E-state index contributed by atoms with van der Waals surface area (Å²) in [5.41, 5.74) is 2.90. The van der Waals surface area contributed by atoms with Gasteiger partial charge in [0.05, 0.1) is 0 Å². The highest BCUT2D eigenvalue weighted by molar-refractivity contribution is 5.85. The van der Waals surface area contributed by atoms with Crippen LogP contribution in [0, 0.1) is 0 Å². The molecule has 2 N–H and O–H groups in total. The molecule has 1 heterocycles. The minimum atomic E-state index is -0.966. The first-order valence-electron chi connectivity index (χ1n) is 7.05. The quantitative estimate of drug-likeness (QED) is 0.847.